The lowest BCUT2D eigenvalue weighted by Gasteiger charge is -2.19. The van der Waals surface area contributed by atoms with E-state index in [2.05, 4.69) is 9.64 Å². The Morgan fingerprint density at radius 1 is 1.31 bits per heavy atom. The molecule has 0 amide bonds. The van der Waals surface area contributed by atoms with Gasteiger partial charge in [0.05, 0.1) is 12.7 Å². The largest absolute Gasteiger partial charge is 0.465 e. The number of methoxy groups -OCH3 is 1. The Hall–Kier alpha value is -1.77. The van der Waals surface area contributed by atoms with Crippen molar-refractivity contribution in [1.82, 2.24) is 0 Å². The van der Waals surface area contributed by atoms with Crippen LogP contribution in [0.25, 0.3) is 0 Å². The molecule has 0 fully saturated rings. The SMILES string of the molecule is CC=C(C)N(C)c1ccc(C(=O)OC)cc1. The third-order valence-electron chi connectivity index (χ3n) is 2.62. The normalized spacial score (nSPS) is 11.1. The summed E-state index contributed by atoms with van der Waals surface area (Å²) in [7, 11) is 3.37. The van der Waals surface area contributed by atoms with E-state index in [-0.39, 0.29) is 5.97 Å². The average molecular weight is 219 g/mol. The maximum atomic E-state index is 11.2. The van der Waals surface area contributed by atoms with Crippen LogP contribution in [0.15, 0.2) is 36.0 Å². The fourth-order valence-corrected chi connectivity index (χ4v) is 1.34. The number of anilines is 1. The molecule has 0 heterocycles. The van der Waals surface area contributed by atoms with Gasteiger partial charge in [0, 0.05) is 18.4 Å². The van der Waals surface area contributed by atoms with Gasteiger partial charge in [-0.05, 0) is 38.1 Å². The molecule has 0 radical (unpaired) electrons. The molecular formula is C13H17NO2. The van der Waals surface area contributed by atoms with Crippen molar-refractivity contribution in [2.24, 2.45) is 0 Å². The monoisotopic (exact) mass is 219 g/mol. The van der Waals surface area contributed by atoms with Crippen LogP contribution in [0.5, 0.6) is 0 Å². The van der Waals surface area contributed by atoms with Gasteiger partial charge in [0.15, 0.2) is 0 Å². The van der Waals surface area contributed by atoms with Crippen LogP contribution in [-0.4, -0.2) is 20.1 Å². The highest BCUT2D eigenvalue weighted by Gasteiger charge is 2.06. The second-order valence-corrected chi connectivity index (χ2v) is 3.53. The van der Waals surface area contributed by atoms with Crippen molar-refractivity contribution in [2.75, 3.05) is 19.1 Å². The molecule has 16 heavy (non-hydrogen) atoms. The van der Waals surface area contributed by atoms with E-state index >= 15 is 0 Å². The number of nitrogens with zero attached hydrogens (tertiary/aromatic N) is 1. The minimum absolute atomic E-state index is 0.308. The van der Waals surface area contributed by atoms with Crippen LogP contribution in [0.1, 0.15) is 24.2 Å². The van der Waals surface area contributed by atoms with E-state index in [0.717, 1.165) is 11.4 Å². The molecule has 0 saturated carbocycles. The number of ether oxygens (including phenoxy) is 1. The Morgan fingerprint density at radius 2 is 1.88 bits per heavy atom. The second-order valence-electron chi connectivity index (χ2n) is 3.53. The summed E-state index contributed by atoms with van der Waals surface area (Å²) in [5, 5.41) is 0. The van der Waals surface area contributed by atoms with Gasteiger partial charge in [0.2, 0.25) is 0 Å². The molecule has 0 atom stereocenters. The summed E-state index contributed by atoms with van der Waals surface area (Å²) in [5.74, 6) is -0.308. The number of benzene rings is 1. The smallest absolute Gasteiger partial charge is 0.337 e. The van der Waals surface area contributed by atoms with Gasteiger partial charge < -0.3 is 9.64 Å². The molecule has 0 bridgehead atoms. The molecule has 0 aliphatic rings. The standard InChI is InChI=1S/C13H17NO2/c1-5-10(2)14(3)12-8-6-11(7-9-12)13(15)16-4/h5-9H,1-4H3. The molecule has 86 valence electrons. The molecule has 3 nitrogen and oxygen atoms in total. The van der Waals surface area contributed by atoms with E-state index in [1.165, 1.54) is 7.11 Å². The van der Waals surface area contributed by atoms with Gasteiger partial charge in [0.25, 0.3) is 0 Å². The highest BCUT2D eigenvalue weighted by molar-refractivity contribution is 5.89. The summed E-state index contributed by atoms with van der Waals surface area (Å²) in [4.78, 5) is 13.3. The lowest BCUT2D eigenvalue weighted by molar-refractivity contribution is 0.0601. The Kier molecular flexibility index (Phi) is 4.11. The minimum Gasteiger partial charge on any atom is -0.465 e. The maximum Gasteiger partial charge on any atom is 0.337 e. The predicted molar refractivity (Wildman–Crippen MR) is 65.6 cm³/mol. The molecule has 1 aromatic carbocycles. The van der Waals surface area contributed by atoms with E-state index < -0.39 is 0 Å². The van der Waals surface area contributed by atoms with Crippen molar-refractivity contribution >= 4 is 11.7 Å². The zero-order chi connectivity index (χ0) is 12.1. The Balaban J connectivity index is 2.91. The molecule has 1 aromatic rings. The summed E-state index contributed by atoms with van der Waals surface area (Å²) >= 11 is 0. The topological polar surface area (TPSA) is 29.5 Å². The number of carbonyl (C=O) groups excluding carboxylic acids is 1. The van der Waals surface area contributed by atoms with E-state index in [4.69, 9.17) is 0 Å². The van der Waals surface area contributed by atoms with Gasteiger partial charge in [-0.25, -0.2) is 4.79 Å². The second kappa shape index (κ2) is 5.35. The highest BCUT2D eigenvalue weighted by atomic mass is 16.5. The molecule has 0 unspecified atom stereocenters. The molecule has 0 saturated heterocycles. The van der Waals surface area contributed by atoms with Crippen molar-refractivity contribution in [1.29, 1.82) is 0 Å². The van der Waals surface area contributed by atoms with Gasteiger partial charge in [0.1, 0.15) is 0 Å². The van der Waals surface area contributed by atoms with Crippen molar-refractivity contribution in [2.45, 2.75) is 13.8 Å². The molecule has 1 rings (SSSR count). The minimum atomic E-state index is -0.308. The fraction of sp³-hybridized carbons (Fsp3) is 0.308. The molecular weight excluding hydrogens is 202 g/mol. The van der Waals surface area contributed by atoms with Gasteiger partial charge in [-0.1, -0.05) is 6.08 Å². The molecule has 0 aliphatic carbocycles. The molecule has 3 heteroatoms. The van der Waals surface area contributed by atoms with Crippen LogP contribution in [0.3, 0.4) is 0 Å². The summed E-state index contributed by atoms with van der Waals surface area (Å²) in [6.07, 6.45) is 2.04. The zero-order valence-electron chi connectivity index (χ0n) is 10.2. The van der Waals surface area contributed by atoms with Crippen LogP contribution >= 0.6 is 0 Å². The summed E-state index contributed by atoms with van der Waals surface area (Å²) in [6, 6.07) is 7.33. The third-order valence-corrected chi connectivity index (χ3v) is 2.62. The summed E-state index contributed by atoms with van der Waals surface area (Å²) in [5.41, 5.74) is 2.77. The van der Waals surface area contributed by atoms with Crippen LogP contribution in [0.2, 0.25) is 0 Å². The molecule has 0 N–H and O–H groups in total. The first-order valence-electron chi connectivity index (χ1n) is 5.15. The van der Waals surface area contributed by atoms with Gasteiger partial charge >= 0.3 is 5.97 Å². The Morgan fingerprint density at radius 3 is 2.31 bits per heavy atom. The van der Waals surface area contributed by atoms with Crippen LogP contribution in [0, 0.1) is 0 Å². The van der Waals surface area contributed by atoms with E-state index in [9.17, 15) is 4.79 Å². The number of hydrogen-bond acceptors (Lipinski definition) is 3. The first-order valence-corrected chi connectivity index (χ1v) is 5.15. The Bertz CT molecular complexity index is 393. The van der Waals surface area contributed by atoms with E-state index in [1.54, 1.807) is 12.1 Å². The number of esters is 1. The van der Waals surface area contributed by atoms with Gasteiger partial charge in [-0.2, -0.15) is 0 Å². The quantitative estimate of drug-likeness (QED) is 0.732. The summed E-state index contributed by atoms with van der Waals surface area (Å²) in [6.45, 7) is 4.03. The maximum absolute atomic E-state index is 11.2. The first-order chi connectivity index (χ1) is 7.60. The van der Waals surface area contributed by atoms with Crippen molar-refractivity contribution in [3.05, 3.63) is 41.6 Å². The van der Waals surface area contributed by atoms with Gasteiger partial charge in [-0.15, -0.1) is 0 Å². The van der Waals surface area contributed by atoms with Crippen LogP contribution in [0.4, 0.5) is 5.69 Å². The van der Waals surface area contributed by atoms with Crippen molar-refractivity contribution in [3.63, 3.8) is 0 Å². The zero-order valence-corrected chi connectivity index (χ0v) is 10.2. The van der Waals surface area contributed by atoms with E-state index in [0.29, 0.717) is 5.56 Å². The number of carbonyl (C=O) groups is 1. The van der Waals surface area contributed by atoms with E-state index in [1.807, 2.05) is 39.1 Å². The third kappa shape index (κ3) is 2.63. The molecule has 0 aliphatic heterocycles. The van der Waals surface area contributed by atoms with Crippen LogP contribution in [-0.2, 0) is 4.74 Å². The number of allylic oxidation sites excluding steroid dienone is 2. The first kappa shape index (κ1) is 12.3. The lowest BCUT2D eigenvalue weighted by atomic mass is 10.2. The Labute approximate surface area is 96.3 Å². The van der Waals surface area contributed by atoms with Gasteiger partial charge in [-0.3, -0.25) is 0 Å². The molecule has 0 aromatic heterocycles. The van der Waals surface area contributed by atoms with Crippen molar-refractivity contribution in [3.8, 4) is 0 Å². The number of hydrogen-bond donors (Lipinski definition) is 0. The fourth-order valence-electron chi connectivity index (χ4n) is 1.34. The van der Waals surface area contributed by atoms with Crippen molar-refractivity contribution < 1.29 is 9.53 Å². The number of rotatable bonds is 3. The summed E-state index contributed by atoms with van der Waals surface area (Å²) < 4.78 is 4.64. The average Bonchev–Trinajstić information content (AvgIpc) is 2.36. The lowest BCUT2D eigenvalue weighted by Crippen LogP contribution is -2.14. The van der Waals surface area contributed by atoms with Crippen LogP contribution < -0.4 is 4.90 Å². The predicted octanol–water partition coefficient (Wildman–Crippen LogP) is 2.83. The molecule has 0 spiro atoms. The highest BCUT2D eigenvalue weighted by Crippen LogP contribution is 2.17.